The topological polar surface area (TPSA) is 69.6 Å². The first-order chi connectivity index (χ1) is 10.1. The fourth-order valence-corrected chi connectivity index (χ4v) is 2.45. The van der Waals surface area contributed by atoms with Crippen LogP contribution in [0.1, 0.15) is 20.8 Å². The van der Waals surface area contributed by atoms with Gasteiger partial charge < -0.3 is 15.3 Å². The van der Waals surface area contributed by atoms with Gasteiger partial charge in [-0.3, -0.25) is 0 Å². The average Bonchev–Trinajstić information content (AvgIpc) is 2.98. The lowest BCUT2D eigenvalue weighted by Crippen LogP contribution is -2.36. The second kappa shape index (κ2) is 6.90. The van der Waals surface area contributed by atoms with Crippen molar-refractivity contribution >= 4 is 23.3 Å². The van der Waals surface area contributed by atoms with E-state index in [-0.39, 0.29) is 11.6 Å². The number of aromatic carboxylic acids is 1. The molecule has 0 saturated heterocycles. The summed E-state index contributed by atoms with van der Waals surface area (Å²) in [5, 5.41) is 13.6. The summed E-state index contributed by atoms with van der Waals surface area (Å²) in [7, 11) is 1.70. The molecule has 0 unspecified atom stereocenters. The predicted molar refractivity (Wildman–Crippen MR) is 81.4 cm³/mol. The Balaban J connectivity index is 1.86. The van der Waals surface area contributed by atoms with Gasteiger partial charge in [0.2, 0.25) is 0 Å². The molecule has 0 atom stereocenters. The van der Waals surface area contributed by atoms with Gasteiger partial charge in [-0.2, -0.15) is 0 Å². The summed E-state index contributed by atoms with van der Waals surface area (Å²) in [4.78, 5) is 25.4. The molecular formula is C15H16N2O3S. The van der Waals surface area contributed by atoms with Crippen molar-refractivity contribution < 1.29 is 14.7 Å². The van der Waals surface area contributed by atoms with Crippen molar-refractivity contribution in [2.45, 2.75) is 13.1 Å². The van der Waals surface area contributed by atoms with Gasteiger partial charge in [0.25, 0.3) is 0 Å². The summed E-state index contributed by atoms with van der Waals surface area (Å²) in [6.45, 7) is 0.939. The Morgan fingerprint density at radius 3 is 2.52 bits per heavy atom. The van der Waals surface area contributed by atoms with Crippen LogP contribution < -0.4 is 5.32 Å². The molecule has 1 aromatic heterocycles. The molecular weight excluding hydrogens is 288 g/mol. The lowest BCUT2D eigenvalue weighted by atomic mass is 10.1. The van der Waals surface area contributed by atoms with Crippen LogP contribution in [0.5, 0.6) is 0 Å². The van der Waals surface area contributed by atoms with E-state index in [1.54, 1.807) is 35.4 Å². The number of carboxylic acids is 1. The Morgan fingerprint density at radius 2 is 1.95 bits per heavy atom. The molecule has 2 aromatic rings. The van der Waals surface area contributed by atoms with Gasteiger partial charge in [-0.05, 0) is 29.1 Å². The maximum atomic E-state index is 11.9. The zero-order valence-electron chi connectivity index (χ0n) is 11.6. The third kappa shape index (κ3) is 4.32. The molecule has 21 heavy (non-hydrogen) atoms. The van der Waals surface area contributed by atoms with Gasteiger partial charge in [-0.15, -0.1) is 11.3 Å². The number of rotatable bonds is 5. The molecule has 110 valence electrons. The highest BCUT2D eigenvalue weighted by Gasteiger charge is 2.09. The summed E-state index contributed by atoms with van der Waals surface area (Å²) in [6.07, 6.45) is 0. The van der Waals surface area contributed by atoms with Crippen molar-refractivity contribution in [3.8, 4) is 0 Å². The second-order valence-electron chi connectivity index (χ2n) is 4.60. The molecule has 0 aliphatic rings. The fraction of sp³-hybridized carbons (Fsp3) is 0.200. The quantitative estimate of drug-likeness (QED) is 0.892. The molecule has 0 fully saturated rings. The predicted octanol–water partition coefficient (Wildman–Crippen LogP) is 2.79. The summed E-state index contributed by atoms with van der Waals surface area (Å²) in [6, 6.07) is 10.3. The standard InChI is InChI=1S/C15H16N2O3S/c1-17(15(20)16-9-13-3-2-8-21-13)10-11-4-6-12(7-5-11)14(18)19/h2-8H,9-10H2,1H3,(H,16,20)(H,18,19). The van der Waals surface area contributed by atoms with E-state index < -0.39 is 5.97 Å². The maximum absolute atomic E-state index is 11.9. The molecule has 5 nitrogen and oxygen atoms in total. The summed E-state index contributed by atoms with van der Waals surface area (Å²) in [5.74, 6) is -0.955. The molecule has 6 heteroatoms. The molecule has 0 aliphatic heterocycles. The molecule has 2 rings (SSSR count). The van der Waals surface area contributed by atoms with Crippen molar-refractivity contribution in [1.29, 1.82) is 0 Å². The SMILES string of the molecule is CN(Cc1ccc(C(=O)O)cc1)C(=O)NCc1cccs1. The van der Waals surface area contributed by atoms with Gasteiger partial charge in [0.1, 0.15) is 0 Å². The Hall–Kier alpha value is -2.34. The number of amides is 2. The lowest BCUT2D eigenvalue weighted by Gasteiger charge is -2.18. The van der Waals surface area contributed by atoms with E-state index in [0.717, 1.165) is 10.4 Å². The smallest absolute Gasteiger partial charge is 0.335 e. The Bertz CT molecular complexity index is 608. The Labute approximate surface area is 126 Å². The number of carbonyl (C=O) groups excluding carboxylic acids is 1. The Morgan fingerprint density at radius 1 is 1.24 bits per heavy atom. The van der Waals surface area contributed by atoms with E-state index in [2.05, 4.69) is 5.32 Å². The first-order valence-electron chi connectivity index (χ1n) is 6.40. The third-order valence-corrected chi connectivity index (χ3v) is 3.84. The van der Waals surface area contributed by atoms with Crippen LogP contribution in [0.25, 0.3) is 0 Å². The summed E-state index contributed by atoms with van der Waals surface area (Å²) < 4.78 is 0. The third-order valence-electron chi connectivity index (χ3n) is 2.96. The average molecular weight is 304 g/mol. The minimum absolute atomic E-state index is 0.161. The number of carboxylic acid groups (broad SMARTS) is 1. The zero-order valence-corrected chi connectivity index (χ0v) is 12.4. The number of urea groups is 1. The largest absolute Gasteiger partial charge is 0.478 e. The van der Waals surface area contributed by atoms with Crippen LogP contribution in [0.2, 0.25) is 0 Å². The van der Waals surface area contributed by atoms with Crippen molar-refractivity contribution in [3.63, 3.8) is 0 Å². The number of hydrogen-bond acceptors (Lipinski definition) is 3. The van der Waals surface area contributed by atoms with Crippen molar-refractivity contribution in [2.75, 3.05) is 7.05 Å². The minimum atomic E-state index is -0.955. The number of nitrogens with one attached hydrogen (secondary N) is 1. The molecule has 2 amide bonds. The number of carbonyl (C=O) groups is 2. The van der Waals surface area contributed by atoms with Gasteiger partial charge in [-0.1, -0.05) is 18.2 Å². The van der Waals surface area contributed by atoms with Gasteiger partial charge in [0, 0.05) is 18.5 Å². The molecule has 1 aromatic carbocycles. The normalized spacial score (nSPS) is 10.1. The summed E-state index contributed by atoms with van der Waals surface area (Å²) in [5.41, 5.74) is 1.12. The number of nitrogens with zero attached hydrogens (tertiary/aromatic N) is 1. The lowest BCUT2D eigenvalue weighted by molar-refractivity contribution is 0.0697. The van der Waals surface area contributed by atoms with E-state index in [9.17, 15) is 9.59 Å². The highest BCUT2D eigenvalue weighted by molar-refractivity contribution is 7.09. The van der Waals surface area contributed by atoms with Gasteiger partial charge in [0.05, 0.1) is 12.1 Å². The molecule has 0 bridgehead atoms. The monoisotopic (exact) mass is 304 g/mol. The Kier molecular flexibility index (Phi) is 4.94. The first-order valence-corrected chi connectivity index (χ1v) is 7.28. The van der Waals surface area contributed by atoms with Crippen LogP contribution in [0.3, 0.4) is 0 Å². The van der Waals surface area contributed by atoms with Crippen LogP contribution in [-0.4, -0.2) is 29.1 Å². The van der Waals surface area contributed by atoms with Crippen LogP contribution >= 0.6 is 11.3 Å². The zero-order chi connectivity index (χ0) is 15.2. The van der Waals surface area contributed by atoms with Gasteiger partial charge >= 0.3 is 12.0 Å². The van der Waals surface area contributed by atoms with Crippen LogP contribution in [-0.2, 0) is 13.1 Å². The molecule has 1 heterocycles. The first kappa shape index (κ1) is 15.1. The van der Waals surface area contributed by atoms with Crippen LogP contribution in [0, 0.1) is 0 Å². The van der Waals surface area contributed by atoms with E-state index in [4.69, 9.17) is 5.11 Å². The van der Waals surface area contributed by atoms with Crippen molar-refractivity contribution in [3.05, 3.63) is 57.8 Å². The van der Waals surface area contributed by atoms with Crippen molar-refractivity contribution in [1.82, 2.24) is 10.2 Å². The van der Waals surface area contributed by atoms with Crippen LogP contribution in [0.4, 0.5) is 4.79 Å². The van der Waals surface area contributed by atoms with Crippen molar-refractivity contribution in [2.24, 2.45) is 0 Å². The van der Waals surface area contributed by atoms with E-state index in [1.165, 1.54) is 12.1 Å². The van der Waals surface area contributed by atoms with Gasteiger partial charge in [-0.25, -0.2) is 9.59 Å². The highest BCUT2D eigenvalue weighted by atomic mass is 32.1. The van der Waals surface area contributed by atoms with E-state index >= 15 is 0 Å². The maximum Gasteiger partial charge on any atom is 0.335 e. The molecule has 2 N–H and O–H groups in total. The number of hydrogen-bond donors (Lipinski definition) is 2. The van der Waals surface area contributed by atoms with E-state index in [0.29, 0.717) is 13.1 Å². The van der Waals surface area contributed by atoms with Gasteiger partial charge in [0.15, 0.2) is 0 Å². The molecule has 0 spiro atoms. The molecule has 0 aliphatic carbocycles. The fourth-order valence-electron chi connectivity index (χ4n) is 1.81. The highest BCUT2D eigenvalue weighted by Crippen LogP contribution is 2.09. The molecule has 0 saturated carbocycles. The minimum Gasteiger partial charge on any atom is -0.478 e. The van der Waals surface area contributed by atoms with Crippen LogP contribution in [0.15, 0.2) is 41.8 Å². The second-order valence-corrected chi connectivity index (χ2v) is 5.63. The molecule has 0 radical (unpaired) electrons. The summed E-state index contributed by atoms with van der Waals surface area (Å²) >= 11 is 1.60. The number of benzene rings is 1. The number of thiophene rings is 1. The van der Waals surface area contributed by atoms with E-state index in [1.807, 2.05) is 17.5 Å².